The zero-order valence-corrected chi connectivity index (χ0v) is 16.4. The highest BCUT2D eigenvalue weighted by molar-refractivity contribution is 7.08. The van der Waals surface area contributed by atoms with Crippen molar-refractivity contribution in [2.45, 2.75) is 25.8 Å². The Morgan fingerprint density at radius 3 is 2.50 bits per heavy atom. The molecule has 1 saturated heterocycles. The van der Waals surface area contributed by atoms with Gasteiger partial charge in [0.15, 0.2) is 0 Å². The molecule has 0 aliphatic carbocycles. The van der Waals surface area contributed by atoms with Gasteiger partial charge in [-0.25, -0.2) is 9.37 Å². The molecule has 1 aliphatic heterocycles. The lowest BCUT2D eigenvalue weighted by molar-refractivity contribution is 0.0985. The maximum absolute atomic E-state index is 13.4. The minimum absolute atomic E-state index is 0.104. The first-order valence-electron chi connectivity index (χ1n) is 9.50. The highest BCUT2D eigenvalue weighted by atomic mass is 32.1. The fourth-order valence-electron chi connectivity index (χ4n) is 3.45. The molecule has 6 heteroatoms. The van der Waals surface area contributed by atoms with Crippen LogP contribution in [0.5, 0.6) is 0 Å². The molecule has 0 radical (unpaired) electrons. The molecule has 1 aromatic carbocycles. The van der Waals surface area contributed by atoms with Crippen molar-refractivity contribution in [3.8, 4) is 0 Å². The quantitative estimate of drug-likeness (QED) is 0.602. The Morgan fingerprint density at radius 1 is 1.07 bits per heavy atom. The largest absolute Gasteiger partial charge is 0.357 e. The fourth-order valence-corrected chi connectivity index (χ4v) is 4.08. The second-order valence-electron chi connectivity index (χ2n) is 6.95. The van der Waals surface area contributed by atoms with Gasteiger partial charge in [0.2, 0.25) is 0 Å². The van der Waals surface area contributed by atoms with Crippen molar-refractivity contribution in [2.75, 3.05) is 22.9 Å². The van der Waals surface area contributed by atoms with E-state index in [9.17, 15) is 9.18 Å². The van der Waals surface area contributed by atoms with Crippen LogP contribution in [0.3, 0.4) is 0 Å². The first-order chi connectivity index (χ1) is 13.7. The zero-order chi connectivity index (χ0) is 19.3. The number of carbonyl (C=O) groups excluding carboxylic acids is 1. The molecule has 0 unspecified atom stereocenters. The molecule has 4 nitrogen and oxygen atoms in total. The summed E-state index contributed by atoms with van der Waals surface area (Å²) in [5.41, 5.74) is 2.23. The number of carbonyl (C=O) groups is 1. The predicted molar refractivity (Wildman–Crippen MR) is 112 cm³/mol. The number of nitrogens with zero attached hydrogens (tertiary/aromatic N) is 3. The van der Waals surface area contributed by atoms with E-state index in [1.54, 1.807) is 23.1 Å². The summed E-state index contributed by atoms with van der Waals surface area (Å²) >= 11 is 1.48. The number of aromatic nitrogens is 1. The molecule has 1 aliphatic rings. The van der Waals surface area contributed by atoms with Crippen molar-refractivity contribution in [1.29, 1.82) is 0 Å². The summed E-state index contributed by atoms with van der Waals surface area (Å²) in [4.78, 5) is 21.6. The second-order valence-corrected chi connectivity index (χ2v) is 7.73. The Bertz CT molecular complexity index is 904. The van der Waals surface area contributed by atoms with E-state index in [0.29, 0.717) is 17.8 Å². The van der Waals surface area contributed by atoms with Gasteiger partial charge in [-0.05, 0) is 66.6 Å². The Balaban J connectivity index is 1.56. The van der Waals surface area contributed by atoms with Crippen LogP contribution < -0.4 is 9.80 Å². The van der Waals surface area contributed by atoms with Crippen molar-refractivity contribution in [3.05, 3.63) is 76.4 Å². The molecule has 28 heavy (non-hydrogen) atoms. The molecule has 0 saturated carbocycles. The molecule has 3 heterocycles. The van der Waals surface area contributed by atoms with Crippen molar-refractivity contribution in [2.24, 2.45) is 0 Å². The number of hydrogen-bond acceptors (Lipinski definition) is 4. The lowest BCUT2D eigenvalue weighted by atomic mass is 10.1. The molecule has 0 N–H and O–H groups in total. The van der Waals surface area contributed by atoms with Gasteiger partial charge in [0.25, 0.3) is 5.91 Å². The van der Waals surface area contributed by atoms with E-state index in [2.05, 4.69) is 9.88 Å². The average molecular weight is 396 g/mol. The maximum atomic E-state index is 13.4. The minimum Gasteiger partial charge on any atom is -0.357 e. The summed E-state index contributed by atoms with van der Waals surface area (Å²) in [6.07, 6.45) is 5.53. The normalized spacial score (nSPS) is 14.1. The Hall–Kier alpha value is -2.73. The van der Waals surface area contributed by atoms with Crippen molar-refractivity contribution < 1.29 is 9.18 Å². The smallest absolute Gasteiger partial charge is 0.259 e. The van der Waals surface area contributed by atoms with Crippen LogP contribution in [0.2, 0.25) is 0 Å². The molecule has 2 aromatic heterocycles. The van der Waals surface area contributed by atoms with Crippen LogP contribution in [-0.4, -0.2) is 24.0 Å². The van der Waals surface area contributed by atoms with E-state index in [1.807, 2.05) is 29.1 Å². The van der Waals surface area contributed by atoms with Crippen molar-refractivity contribution >= 4 is 28.7 Å². The van der Waals surface area contributed by atoms with E-state index in [4.69, 9.17) is 0 Å². The van der Waals surface area contributed by atoms with Gasteiger partial charge >= 0.3 is 0 Å². The van der Waals surface area contributed by atoms with Crippen molar-refractivity contribution in [3.63, 3.8) is 0 Å². The zero-order valence-electron chi connectivity index (χ0n) is 15.6. The minimum atomic E-state index is -0.320. The summed E-state index contributed by atoms with van der Waals surface area (Å²) in [7, 11) is 0. The summed E-state index contributed by atoms with van der Waals surface area (Å²) in [5, 5.41) is 3.71. The molecule has 4 rings (SSSR count). The van der Waals surface area contributed by atoms with E-state index >= 15 is 0 Å². The van der Waals surface area contributed by atoms with Crippen LogP contribution in [0.4, 0.5) is 15.9 Å². The third-order valence-corrected chi connectivity index (χ3v) is 5.66. The van der Waals surface area contributed by atoms with E-state index in [1.165, 1.54) is 42.7 Å². The topological polar surface area (TPSA) is 36.4 Å². The molecular formula is C22H22FN3OS. The van der Waals surface area contributed by atoms with E-state index < -0.39 is 0 Å². The molecule has 1 amide bonds. The molecule has 0 bridgehead atoms. The van der Waals surface area contributed by atoms with Gasteiger partial charge in [0, 0.05) is 30.4 Å². The number of amides is 1. The number of halogens is 1. The van der Waals surface area contributed by atoms with Crippen LogP contribution in [0.25, 0.3) is 0 Å². The van der Waals surface area contributed by atoms with Crippen LogP contribution in [-0.2, 0) is 6.54 Å². The van der Waals surface area contributed by atoms with E-state index in [0.717, 1.165) is 24.5 Å². The molecule has 3 aromatic rings. The van der Waals surface area contributed by atoms with Gasteiger partial charge in [-0.2, -0.15) is 11.3 Å². The molecule has 0 spiro atoms. The van der Waals surface area contributed by atoms with Gasteiger partial charge in [-0.1, -0.05) is 6.07 Å². The van der Waals surface area contributed by atoms with Gasteiger partial charge in [0.05, 0.1) is 12.1 Å². The Kier molecular flexibility index (Phi) is 5.67. The molecule has 1 fully saturated rings. The number of thiophene rings is 1. The van der Waals surface area contributed by atoms with Gasteiger partial charge in [-0.15, -0.1) is 0 Å². The monoisotopic (exact) mass is 395 g/mol. The molecular weight excluding hydrogens is 373 g/mol. The Morgan fingerprint density at radius 2 is 1.86 bits per heavy atom. The first kappa shape index (κ1) is 18.6. The second kappa shape index (κ2) is 8.52. The van der Waals surface area contributed by atoms with E-state index in [-0.39, 0.29) is 11.7 Å². The van der Waals surface area contributed by atoms with Crippen LogP contribution >= 0.6 is 11.3 Å². The Labute approximate surface area is 168 Å². The fraction of sp³-hybridized carbons (Fsp3) is 0.273. The first-order valence-corrected chi connectivity index (χ1v) is 10.4. The number of pyridine rings is 1. The van der Waals surface area contributed by atoms with Gasteiger partial charge in [0.1, 0.15) is 11.6 Å². The maximum Gasteiger partial charge on any atom is 0.259 e. The summed E-state index contributed by atoms with van der Waals surface area (Å²) in [6, 6.07) is 11.9. The standard InChI is InChI=1S/C22H22FN3OS/c23-19-5-7-20(8-6-19)26(22(27)18-10-13-28-16-18)15-17-4-9-21(24-14-17)25-11-2-1-3-12-25/h4-10,13-14,16H,1-3,11-12,15H2. The van der Waals surface area contributed by atoms with Crippen LogP contribution in [0.15, 0.2) is 59.4 Å². The van der Waals surface area contributed by atoms with Crippen LogP contribution in [0.1, 0.15) is 35.2 Å². The summed E-state index contributed by atoms with van der Waals surface area (Å²) in [6.45, 7) is 2.48. The van der Waals surface area contributed by atoms with Crippen molar-refractivity contribution in [1.82, 2.24) is 4.98 Å². The highest BCUT2D eigenvalue weighted by Crippen LogP contribution is 2.23. The third-order valence-electron chi connectivity index (χ3n) is 4.98. The van der Waals surface area contributed by atoms with Gasteiger partial charge in [-0.3, -0.25) is 4.79 Å². The molecule has 0 atom stereocenters. The SMILES string of the molecule is O=C(c1ccsc1)N(Cc1ccc(N2CCCCC2)nc1)c1ccc(F)cc1. The lowest BCUT2D eigenvalue weighted by Crippen LogP contribution is -2.31. The summed E-state index contributed by atoms with van der Waals surface area (Å²) in [5.74, 6) is 0.563. The lowest BCUT2D eigenvalue weighted by Gasteiger charge is -2.28. The number of rotatable bonds is 5. The van der Waals surface area contributed by atoms with Crippen LogP contribution in [0, 0.1) is 5.82 Å². The highest BCUT2D eigenvalue weighted by Gasteiger charge is 2.19. The predicted octanol–water partition coefficient (Wildman–Crippen LogP) is 5.12. The number of hydrogen-bond donors (Lipinski definition) is 0. The van der Waals surface area contributed by atoms with Gasteiger partial charge < -0.3 is 9.80 Å². The number of benzene rings is 1. The summed E-state index contributed by atoms with van der Waals surface area (Å²) < 4.78 is 13.4. The average Bonchev–Trinajstić information content (AvgIpc) is 3.28. The molecule has 144 valence electrons. The number of piperidine rings is 1. The third kappa shape index (κ3) is 4.22. The number of anilines is 2.